The molecule has 324 valence electrons. The summed E-state index contributed by atoms with van der Waals surface area (Å²) in [7, 11) is 4.88. The summed E-state index contributed by atoms with van der Waals surface area (Å²) in [5.41, 5.74) is -3.20. The average molecular weight is 830 g/mol. The highest BCUT2D eigenvalue weighted by atomic mass is 16.7. The minimum absolute atomic E-state index is 0.0171. The van der Waals surface area contributed by atoms with Crippen LogP contribution in [-0.2, 0) is 38.0 Å². The zero-order valence-electron chi connectivity index (χ0n) is 34.2. The van der Waals surface area contributed by atoms with Crippen LogP contribution in [0.5, 0.6) is 17.2 Å². The first-order chi connectivity index (χ1) is 27.9. The van der Waals surface area contributed by atoms with Crippen molar-refractivity contribution in [1.82, 2.24) is 4.90 Å². The van der Waals surface area contributed by atoms with Crippen LogP contribution in [0.3, 0.4) is 0 Å². The van der Waals surface area contributed by atoms with Crippen molar-refractivity contribution in [2.24, 2.45) is 0 Å². The molecule has 0 radical (unpaired) electrons. The van der Waals surface area contributed by atoms with Crippen molar-refractivity contribution in [1.29, 1.82) is 0 Å². The van der Waals surface area contributed by atoms with Crippen molar-refractivity contribution in [2.75, 3.05) is 21.2 Å². The Bertz CT molecular complexity index is 1940. The van der Waals surface area contributed by atoms with E-state index in [1.54, 1.807) is 27.7 Å². The first-order valence-corrected chi connectivity index (χ1v) is 20.2. The third kappa shape index (κ3) is 7.86. The zero-order chi connectivity index (χ0) is 42.8. The Balaban J connectivity index is 1.14. The number of fused-ring (bicyclic) bond motifs is 3. The normalized spacial score (nSPS) is 37.1. The third-order valence-corrected chi connectivity index (χ3v) is 12.7. The fourth-order valence-corrected chi connectivity index (χ4v) is 9.44. The number of benzene rings is 2. The standard InChI is InChI=1S/C42H55NO16/c1-8-42(52)16-28(33-21(35(42)41(51)53-7)13-23-34(38(33)50)37(49)32-22(36(23)48)11-20(44)12-26(32)46)57-30-14-24(43(5)6)39(18(3)55-30)59-31-15-27(47)40(19(4)56-31)58-29-10-9-25(45)17(2)54-29/h11-13,17-19,24-25,27-31,35,39-40,44-47,50,52H,8-10,14-16H2,1-7H3/t17-,18-,19-,24-,25-,27-,28-,29-,30-,31-,35-,39+,40+,42+/m0/s1. The van der Waals surface area contributed by atoms with Crippen molar-refractivity contribution in [3.05, 3.63) is 51.6 Å². The predicted octanol–water partition coefficient (Wildman–Crippen LogP) is 2.66. The molecule has 2 aromatic rings. The molecule has 17 nitrogen and oxygen atoms in total. The van der Waals surface area contributed by atoms with Gasteiger partial charge in [0, 0.05) is 54.5 Å². The molecule has 0 unspecified atom stereocenters. The maximum atomic E-state index is 13.9. The fraction of sp³-hybridized carbons (Fsp3) is 0.643. The molecule has 59 heavy (non-hydrogen) atoms. The van der Waals surface area contributed by atoms with Crippen LogP contribution < -0.4 is 0 Å². The molecule has 14 atom stereocenters. The molecule has 0 amide bonds. The topological polar surface area (TPSA) is 240 Å². The summed E-state index contributed by atoms with van der Waals surface area (Å²) in [4.78, 5) is 43.2. The molecule has 3 heterocycles. The lowest BCUT2D eigenvalue weighted by Gasteiger charge is -2.48. The highest BCUT2D eigenvalue weighted by Gasteiger charge is 2.54. The number of nitrogens with zero attached hydrogens (tertiary/aromatic N) is 1. The number of ether oxygens (including phenoxy) is 7. The number of likely N-dealkylation sites (N-methyl/N-ethyl adjacent to an activating group) is 1. The molecule has 3 saturated heterocycles. The van der Waals surface area contributed by atoms with Gasteiger partial charge in [0.15, 0.2) is 24.7 Å². The molecular weight excluding hydrogens is 774 g/mol. The summed E-state index contributed by atoms with van der Waals surface area (Å²) >= 11 is 0. The second-order valence-corrected chi connectivity index (χ2v) is 16.7. The Morgan fingerprint density at radius 2 is 1.44 bits per heavy atom. The van der Waals surface area contributed by atoms with E-state index in [1.165, 1.54) is 6.07 Å². The summed E-state index contributed by atoms with van der Waals surface area (Å²) in [5.74, 6) is -5.69. The van der Waals surface area contributed by atoms with E-state index >= 15 is 0 Å². The van der Waals surface area contributed by atoms with Crippen LogP contribution in [0, 0.1) is 0 Å². The lowest BCUT2D eigenvalue weighted by Crippen LogP contribution is -2.58. The first kappa shape index (κ1) is 43.3. The summed E-state index contributed by atoms with van der Waals surface area (Å²) < 4.78 is 42.7. The van der Waals surface area contributed by atoms with Crippen molar-refractivity contribution in [3.8, 4) is 17.2 Å². The van der Waals surface area contributed by atoms with Gasteiger partial charge >= 0.3 is 5.97 Å². The molecule has 2 aromatic carbocycles. The molecule has 7 rings (SSSR count). The highest BCUT2D eigenvalue weighted by molar-refractivity contribution is 6.30. The molecule has 0 spiro atoms. The number of esters is 1. The Morgan fingerprint density at radius 1 is 0.814 bits per heavy atom. The number of hydrogen-bond donors (Lipinski definition) is 6. The maximum Gasteiger partial charge on any atom is 0.316 e. The van der Waals surface area contributed by atoms with Gasteiger partial charge in [-0.2, -0.15) is 0 Å². The van der Waals surface area contributed by atoms with Gasteiger partial charge in [-0.05, 0) is 65.4 Å². The average Bonchev–Trinajstić information content (AvgIpc) is 3.16. The molecule has 0 aromatic heterocycles. The number of aromatic hydroxyl groups is 3. The van der Waals surface area contributed by atoms with E-state index in [9.17, 15) is 45.0 Å². The lowest BCUT2D eigenvalue weighted by atomic mass is 9.67. The quantitative estimate of drug-likeness (QED) is 0.170. The Morgan fingerprint density at radius 3 is 2.07 bits per heavy atom. The number of phenols is 3. The summed E-state index contributed by atoms with van der Waals surface area (Å²) in [6.45, 7) is 7.02. The zero-order valence-corrected chi connectivity index (χ0v) is 34.2. The molecule has 0 saturated carbocycles. The van der Waals surface area contributed by atoms with Gasteiger partial charge in [-0.25, -0.2) is 0 Å². The van der Waals surface area contributed by atoms with E-state index in [2.05, 4.69) is 0 Å². The third-order valence-electron chi connectivity index (χ3n) is 12.7. The first-order valence-electron chi connectivity index (χ1n) is 20.2. The summed E-state index contributed by atoms with van der Waals surface area (Å²) in [5, 5.41) is 66.1. The number of methoxy groups -OCH3 is 1. The summed E-state index contributed by atoms with van der Waals surface area (Å²) in [6.07, 6.45) is -6.82. The number of carbonyl (C=O) groups excluding carboxylic acids is 3. The molecule has 5 aliphatic rings. The monoisotopic (exact) mass is 829 g/mol. The lowest BCUT2D eigenvalue weighted by molar-refractivity contribution is -0.328. The Labute approximate surface area is 341 Å². The number of ketones is 2. The van der Waals surface area contributed by atoms with Gasteiger partial charge in [0.05, 0.1) is 60.5 Å². The minimum atomic E-state index is -1.80. The van der Waals surface area contributed by atoms with E-state index in [4.69, 9.17) is 33.2 Å². The van der Waals surface area contributed by atoms with Crippen molar-refractivity contribution in [3.63, 3.8) is 0 Å². The number of phenolic OH excluding ortho intramolecular Hbond substituents is 3. The van der Waals surface area contributed by atoms with Gasteiger partial charge in [-0.3, -0.25) is 14.4 Å². The van der Waals surface area contributed by atoms with Gasteiger partial charge in [0.2, 0.25) is 5.78 Å². The predicted molar refractivity (Wildman–Crippen MR) is 204 cm³/mol. The fourth-order valence-electron chi connectivity index (χ4n) is 9.44. The van der Waals surface area contributed by atoms with Crippen LogP contribution in [-0.4, -0.2) is 148 Å². The molecule has 3 fully saturated rings. The second-order valence-electron chi connectivity index (χ2n) is 16.7. The second kappa shape index (κ2) is 16.6. The van der Waals surface area contributed by atoms with Crippen LogP contribution >= 0.6 is 0 Å². The molecule has 6 N–H and O–H groups in total. The molecule has 0 bridgehead atoms. The maximum absolute atomic E-state index is 13.9. The van der Waals surface area contributed by atoms with Crippen LogP contribution in [0.4, 0.5) is 0 Å². The number of aliphatic hydroxyl groups excluding tert-OH is 2. The van der Waals surface area contributed by atoms with E-state index in [0.29, 0.717) is 12.8 Å². The number of aliphatic hydroxyl groups is 3. The molecule has 17 heteroatoms. The van der Waals surface area contributed by atoms with Gasteiger partial charge < -0.3 is 68.7 Å². The van der Waals surface area contributed by atoms with Gasteiger partial charge in [-0.15, -0.1) is 0 Å². The smallest absolute Gasteiger partial charge is 0.316 e. The Hall–Kier alpha value is -3.75. The minimum Gasteiger partial charge on any atom is -0.508 e. The van der Waals surface area contributed by atoms with Crippen LogP contribution in [0.2, 0.25) is 0 Å². The number of hydrogen-bond acceptors (Lipinski definition) is 17. The van der Waals surface area contributed by atoms with Gasteiger partial charge in [0.25, 0.3) is 0 Å². The van der Waals surface area contributed by atoms with E-state index in [1.807, 2.05) is 19.0 Å². The van der Waals surface area contributed by atoms with Crippen LogP contribution in [0.25, 0.3) is 0 Å². The van der Waals surface area contributed by atoms with Gasteiger partial charge in [-0.1, -0.05) is 6.92 Å². The van der Waals surface area contributed by atoms with Gasteiger partial charge in [0.1, 0.15) is 35.4 Å². The number of rotatable bonds is 9. The number of carbonyl (C=O) groups is 3. The SMILES string of the molecule is CC[C@@]1(O)C[C@H](O[C@H]2C[C@H](N(C)C)[C@H](O[C@H]3C[C@H](O)[C@H](O[C@H]4CC[C@H](O)[C@H](C)O4)[C@H](C)O3)[C@H](C)O2)c2c(cc3c(c2O)C(=O)c2c(O)cc(O)cc2C3=O)[C@H]1C(=O)OC. The largest absolute Gasteiger partial charge is 0.508 e. The molecular formula is C42H55NO16. The Kier molecular flexibility index (Phi) is 12.2. The van der Waals surface area contributed by atoms with Crippen molar-refractivity contribution < 1.29 is 78.2 Å². The van der Waals surface area contributed by atoms with Crippen LogP contribution in [0.1, 0.15) is 121 Å². The van der Waals surface area contributed by atoms with Crippen molar-refractivity contribution in [2.45, 2.75) is 151 Å². The molecule has 2 aliphatic carbocycles. The van der Waals surface area contributed by atoms with Crippen molar-refractivity contribution >= 4 is 17.5 Å². The van der Waals surface area contributed by atoms with E-state index < -0.39 is 125 Å². The van der Waals surface area contributed by atoms with Crippen LogP contribution in [0.15, 0.2) is 18.2 Å². The summed E-state index contributed by atoms with van der Waals surface area (Å²) in [6, 6.07) is 2.88. The van der Waals surface area contributed by atoms with E-state index in [0.717, 1.165) is 19.2 Å². The highest BCUT2D eigenvalue weighted by Crippen LogP contribution is 2.54. The molecule has 3 aliphatic heterocycles. The van der Waals surface area contributed by atoms with E-state index in [-0.39, 0.29) is 54.0 Å².